The van der Waals surface area contributed by atoms with E-state index in [9.17, 15) is 0 Å². The predicted octanol–water partition coefficient (Wildman–Crippen LogP) is 3.52. The topological polar surface area (TPSA) is 47.0 Å². The van der Waals surface area contributed by atoms with Gasteiger partial charge in [-0.25, -0.2) is 4.98 Å². The van der Waals surface area contributed by atoms with Crippen LogP contribution in [0.4, 0.5) is 5.82 Å². The van der Waals surface area contributed by atoms with Crippen molar-refractivity contribution in [2.45, 2.75) is 53.4 Å². The number of ether oxygens (including phenoxy) is 1. The van der Waals surface area contributed by atoms with Gasteiger partial charge in [-0.3, -0.25) is 0 Å². The van der Waals surface area contributed by atoms with Gasteiger partial charge in [-0.1, -0.05) is 27.7 Å². The van der Waals surface area contributed by atoms with Gasteiger partial charge in [-0.05, 0) is 19.8 Å². The van der Waals surface area contributed by atoms with Gasteiger partial charge in [-0.2, -0.15) is 4.98 Å². The molecule has 0 saturated heterocycles. The maximum absolute atomic E-state index is 5.71. The minimum Gasteiger partial charge on any atom is -0.477 e. The zero-order chi connectivity index (χ0) is 13.5. The minimum absolute atomic E-state index is 0.303. The van der Waals surface area contributed by atoms with Gasteiger partial charge < -0.3 is 10.1 Å². The van der Waals surface area contributed by atoms with Crippen LogP contribution in [0.1, 0.15) is 57.8 Å². The fourth-order valence-corrected chi connectivity index (χ4v) is 1.53. The molecule has 102 valence electrons. The summed E-state index contributed by atoms with van der Waals surface area (Å²) in [4.78, 5) is 9.08. The quantitative estimate of drug-likeness (QED) is 0.805. The molecule has 1 rings (SSSR count). The number of hydrogen-bond donors (Lipinski definition) is 1. The van der Waals surface area contributed by atoms with Crippen molar-refractivity contribution in [3.8, 4) is 5.88 Å². The first kappa shape index (κ1) is 14.7. The molecule has 0 aliphatic carbocycles. The monoisotopic (exact) mass is 251 g/mol. The van der Waals surface area contributed by atoms with Gasteiger partial charge in [0.2, 0.25) is 5.88 Å². The summed E-state index contributed by atoms with van der Waals surface area (Å²) in [5.74, 6) is 2.76. The lowest BCUT2D eigenvalue weighted by atomic mass is 10.2. The molecule has 0 atom stereocenters. The molecule has 4 heteroatoms. The van der Waals surface area contributed by atoms with Gasteiger partial charge in [0.15, 0.2) is 0 Å². The Kier molecular flexibility index (Phi) is 5.89. The zero-order valence-corrected chi connectivity index (χ0v) is 12.2. The Bertz CT molecular complexity index is 348. The maximum Gasteiger partial charge on any atom is 0.221 e. The third-order valence-corrected chi connectivity index (χ3v) is 2.62. The van der Waals surface area contributed by atoms with Gasteiger partial charge >= 0.3 is 0 Å². The molecular weight excluding hydrogens is 226 g/mol. The van der Waals surface area contributed by atoms with Gasteiger partial charge in [0.1, 0.15) is 11.6 Å². The van der Waals surface area contributed by atoms with Crippen molar-refractivity contribution in [2.75, 3.05) is 18.5 Å². The van der Waals surface area contributed by atoms with E-state index in [1.807, 2.05) is 6.92 Å². The number of nitrogens with zero attached hydrogens (tertiary/aromatic N) is 2. The Labute approximate surface area is 110 Å². The molecular formula is C14H25N3O. The van der Waals surface area contributed by atoms with Crippen LogP contribution >= 0.6 is 0 Å². The van der Waals surface area contributed by atoms with Crippen LogP contribution in [0.3, 0.4) is 0 Å². The van der Waals surface area contributed by atoms with Gasteiger partial charge in [-0.15, -0.1) is 0 Å². The van der Waals surface area contributed by atoms with Crippen LogP contribution in [0, 0.1) is 6.92 Å². The number of hydrogen-bond acceptors (Lipinski definition) is 4. The molecule has 0 radical (unpaired) electrons. The number of aromatic nitrogens is 2. The minimum atomic E-state index is 0.303. The fourth-order valence-electron chi connectivity index (χ4n) is 1.53. The van der Waals surface area contributed by atoms with E-state index in [1.165, 1.54) is 0 Å². The van der Waals surface area contributed by atoms with Crippen molar-refractivity contribution in [2.24, 2.45) is 0 Å². The summed E-state index contributed by atoms with van der Waals surface area (Å²) in [5.41, 5.74) is 1.00. The second kappa shape index (κ2) is 7.19. The smallest absolute Gasteiger partial charge is 0.221 e. The highest BCUT2D eigenvalue weighted by Gasteiger charge is 2.13. The molecule has 0 bridgehead atoms. The Morgan fingerprint density at radius 2 is 1.89 bits per heavy atom. The highest BCUT2D eigenvalue weighted by molar-refractivity contribution is 5.48. The molecule has 0 saturated carbocycles. The summed E-state index contributed by atoms with van der Waals surface area (Å²) in [5, 5.41) is 3.34. The normalized spacial score (nSPS) is 10.8. The molecule has 1 N–H and O–H groups in total. The average molecular weight is 251 g/mol. The molecule has 0 fully saturated rings. The van der Waals surface area contributed by atoms with E-state index in [1.54, 1.807) is 0 Å². The van der Waals surface area contributed by atoms with Crippen LogP contribution in [0.5, 0.6) is 5.88 Å². The van der Waals surface area contributed by atoms with Gasteiger partial charge in [0.25, 0.3) is 0 Å². The highest BCUT2D eigenvalue weighted by atomic mass is 16.5. The van der Waals surface area contributed by atoms with E-state index < -0.39 is 0 Å². The Morgan fingerprint density at radius 3 is 2.44 bits per heavy atom. The average Bonchev–Trinajstić information content (AvgIpc) is 2.35. The molecule has 4 nitrogen and oxygen atoms in total. The van der Waals surface area contributed by atoms with Crippen LogP contribution in [-0.2, 0) is 0 Å². The summed E-state index contributed by atoms with van der Waals surface area (Å²) in [6.45, 7) is 12.0. The van der Waals surface area contributed by atoms with Crippen LogP contribution in [0.25, 0.3) is 0 Å². The summed E-state index contributed by atoms with van der Waals surface area (Å²) in [6.07, 6.45) is 2.06. The van der Waals surface area contributed by atoms with E-state index in [0.29, 0.717) is 18.4 Å². The molecule has 1 heterocycles. The first-order valence-electron chi connectivity index (χ1n) is 6.85. The summed E-state index contributed by atoms with van der Waals surface area (Å²) in [6, 6.07) is 0. The molecule has 0 spiro atoms. The molecule has 18 heavy (non-hydrogen) atoms. The van der Waals surface area contributed by atoms with Crippen molar-refractivity contribution in [3.63, 3.8) is 0 Å². The molecule has 0 aliphatic rings. The zero-order valence-electron chi connectivity index (χ0n) is 12.2. The van der Waals surface area contributed by atoms with Crippen LogP contribution in [0.15, 0.2) is 0 Å². The standard InChI is InChI=1S/C14H25N3O/c1-6-8-15-13-11(5)14(18-9-7-2)17-12(16-13)10(3)4/h10H,6-9H2,1-5H3,(H,15,16,17). The third-order valence-electron chi connectivity index (χ3n) is 2.62. The predicted molar refractivity (Wildman–Crippen MR) is 75.4 cm³/mol. The molecule has 0 aliphatic heterocycles. The lowest BCUT2D eigenvalue weighted by molar-refractivity contribution is 0.301. The van der Waals surface area contributed by atoms with Gasteiger partial charge in [0, 0.05) is 12.5 Å². The van der Waals surface area contributed by atoms with Crippen molar-refractivity contribution in [1.82, 2.24) is 9.97 Å². The molecule has 1 aromatic rings. The van der Waals surface area contributed by atoms with E-state index in [-0.39, 0.29) is 0 Å². The molecule has 0 amide bonds. The maximum atomic E-state index is 5.71. The van der Waals surface area contributed by atoms with Crippen molar-refractivity contribution in [3.05, 3.63) is 11.4 Å². The Hall–Kier alpha value is -1.32. The third kappa shape index (κ3) is 3.86. The lowest BCUT2D eigenvalue weighted by Crippen LogP contribution is -2.11. The lowest BCUT2D eigenvalue weighted by Gasteiger charge is -2.15. The van der Waals surface area contributed by atoms with E-state index in [4.69, 9.17) is 4.74 Å². The van der Waals surface area contributed by atoms with Gasteiger partial charge in [0.05, 0.1) is 12.2 Å². The number of anilines is 1. The van der Waals surface area contributed by atoms with Crippen molar-refractivity contribution >= 4 is 5.82 Å². The second-order valence-corrected chi connectivity index (χ2v) is 4.79. The summed E-state index contributed by atoms with van der Waals surface area (Å²) >= 11 is 0. The van der Waals surface area contributed by atoms with E-state index >= 15 is 0 Å². The van der Waals surface area contributed by atoms with Crippen LogP contribution < -0.4 is 10.1 Å². The van der Waals surface area contributed by atoms with Crippen LogP contribution in [-0.4, -0.2) is 23.1 Å². The Balaban J connectivity index is 3.03. The van der Waals surface area contributed by atoms with Crippen molar-refractivity contribution < 1.29 is 4.74 Å². The van der Waals surface area contributed by atoms with E-state index in [2.05, 4.69) is 43.0 Å². The number of rotatable bonds is 7. The Morgan fingerprint density at radius 1 is 1.17 bits per heavy atom. The first-order valence-corrected chi connectivity index (χ1v) is 6.85. The number of nitrogens with one attached hydrogen (secondary N) is 1. The largest absolute Gasteiger partial charge is 0.477 e. The van der Waals surface area contributed by atoms with E-state index in [0.717, 1.165) is 36.6 Å². The fraction of sp³-hybridized carbons (Fsp3) is 0.714. The van der Waals surface area contributed by atoms with Crippen molar-refractivity contribution in [1.29, 1.82) is 0 Å². The molecule has 0 aromatic carbocycles. The first-order chi connectivity index (χ1) is 8.60. The SMILES string of the molecule is CCCNc1nc(C(C)C)nc(OCCC)c1C. The highest BCUT2D eigenvalue weighted by Crippen LogP contribution is 2.24. The van der Waals surface area contributed by atoms with Crippen LogP contribution in [0.2, 0.25) is 0 Å². The molecule has 0 unspecified atom stereocenters. The molecule has 1 aromatic heterocycles. The summed E-state index contributed by atoms with van der Waals surface area (Å²) < 4.78 is 5.71. The second-order valence-electron chi connectivity index (χ2n) is 4.79. The summed E-state index contributed by atoms with van der Waals surface area (Å²) in [7, 11) is 0.